The zero-order valence-corrected chi connectivity index (χ0v) is 20.8. The second-order valence-electron chi connectivity index (χ2n) is 7.98. The SMILES string of the molecule is COc1cc(CNc2ccc(N3CCOCC3)c(C(=O)O)c2)cc(Br)c1OCc1ccccc1F. The first-order valence-electron chi connectivity index (χ1n) is 11.1. The van der Waals surface area contributed by atoms with E-state index >= 15 is 0 Å². The van der Waals surface area contributed by atoms with Crippen LogP contribution in [-0.4, -0.2) is 44.5 Å². The van der Waals surface area contributed by atoms with Crippen LogP contribution in [0.4, 0.5) is 15.8 Å². The monoisotopic (exact) mass is 544 g/mol. The Morgan fingerprint density at radius 2 is 1.94 bits per heavy atom. The van der Waals surface area contributed by atoms with Crippen molar-refractivity contribution in [3.05, 3.63) is 81.6 Å². The van der Waals surface area contributed by atoms with Crippen molar-refractivity contribution < 1.29 is 28.5 Å². The Morgan fingerprint density at radius 3 is 2.66 bits per heavy atom. The average Bonchev–Trinajstić information content (AvgIpc) is 2.87. The number of ether oxygens (including phenoxy) is 3. The molecule has 3 aromatic carbocycles. The summed E-state index contributed by atoms with van der Waals surface area (Å²) >= 11 is 3.52. The number of aromatic carboxylic acids is 1. The minimum atomic E-state index is -0.976. The maximum Gasteiger partial charge on any atom is 0.337 e. The molecule has 0 aromatic heterocycles. The molecule has 2 N–H and O–H groups in total. The summed E-state index contributed by atoms with van der Waals surface area (Å²) in [4.78, 5) is 13.9. The Bertz CT molecular complexity index is 1200. The van der Waals surface area contributed by atoms with Crippen LogP contribution in [0.25, 0.3) is 0 Å². The van der Waals surface area contributed by atoms with Crippen molar-refractivity contribution in [1.29, 1.82) is 0 Å². The molecule has 1 aliphatic rings. The van der Waals surface area contributed by atoms with E-state index < -0.39 is 5.97 Å². The van der Waals surface area contributed by atoms with Gasteiger partial charge >= 0.3 is 5.97 Å². The molecule has 7 nitrogen and oxygen atoms in total. The van der Waals surface area contributed by atoms with E-state index in [1.165, 1.54) is 6.07 Å². The van der Waals surface area contributed by atoms with E-state index in [0.717, 1.165) is 5.56 Å². The topological polar surface area (TPSA) is 80.3 Å². The fraction of sp³-hybridized carbons (Fsp3) is 0.269. The number of nitrogens with zero attached hydrogens (tertiary/aromatic N) is 1. The van der Waals surface area contributed by atoms with Crippen LogP contribution in [0.15, 0.2) is 59.1 Å². The van der Waals surface area contributed by atoms with Crippen molar-refractivity contribution in [3.63, 3.8) is 0 Å². The summed E-state index contributed by atoms with van der Waals surface area (Å²) in [7, 11) is 1.54. The van der Waals surface area contributed by atoms with Crippen molar-refractivity contribution in [2.45, 2.75) is 13.2 Å². The second-order valence-corrected chi connectivity index (χ2v) is 8.83. The molecule has 3 aromatic rings. The van der Waals surface area contributed by atoms with Gasteiger partial charge < -0.3 is 29.5 Å². The molecular weight excluding hydrogens is 519 g/mol. The summed E-state index contributed by atoms with van der Waals surface area (Å²) in [5, 5.41) is 13.0. The van der Waals surface area contributed by atoms with Crippen molar-refractivity contribution in [2.75, 3.05) is 43.6 Å². The quantitative estimate of drug-likeness (QED) is 0.377. The van der Waals surface area contributed by atoms with E-state index in [-0.39, 0.29) is 18.0 Å². The van der Waals surface area contributed by atoms with Crippen LogP contribution in [0.5, 0.6) is 11.5 Å². The third kappa shape index (κ3) is 6.04. The van der Waals surface area contributed by atoms with Crippen molar-refractivity contribution in [1.82, 2.24) is 0 Å². The maximum atomic E-state index is 13.9. The number of benzene rings is 3. The van der Waals surface area contributed by atoms with Gasteiger partial charge in [0.05, 0.1) is 36.0 Å². The highest BCUT2D eigenvalue weighted by atomic mass is 79.9. The van der Waals surface area contributed by atoms with Crippen LogP contribution in [0.2, 0.25) is 0 Å². The summed E-state index contributed by atoms with van der Waals surface area (Å²) in [5.74, 6) is -0.330. The minimum absolute atomic E-state index is 0.0622. The van der Waals surface area contributed by atoms with Crippen LogP contribution < -0.4 is 19.7 Å². The molecule has 4 rings (SSSR count). The smallest absolute Gasteiger partial charge is 0.337 e. The van der Waals surface area contributed by atoms with E-state index in [4.69, 9.17) is 14.2 Å². The van der Waals surface area contributed by atoms with Gasteiger partial charge in [-0.25, -0.2) is 9.18 Å². The molecule has 9 heteroatoms. The lowest BCUT2D eigenvalue weighted by atomic mass is 10.1. The van der Waals surface area contributed by atoms with Crippen LogP contribution in [0.1, 0.15) is 21.5 Å². The number of carboxylic acid groups (broad SMARTS) is 1. The number of nitrogens with one attached hydrogen (secondary N) is 1. The standard InChI is InChI=1S/C26H26BrFN2O5/c1-33-24-13-17(12-21(27)25(24)35-16-18-4-2-3-5-22(18)28)15-29-19-6-7-23(20(14-19)26(31)32)30-8-10-34-11-9-30/h2-7,12-14,29H,8-11,15-16H2,1H3,(H,31,32). The first-order valence-corrected chi connectivity index (χ1v) is 11.9. The Hall–Kier alpha value is -3.30. The fourth-order valence-corrected chi connectivity index (χ4v) is 4.49. The highest BCUT2D eigenvalue weighted by molar-refractivity contribution is 9.10. The number of anilines is 2. The normalized spacial score (nSPS) is 13.4. The molecule has 0 saturated carbocycles. The van der Waals surface area contributed by atoms with Crippen LogP contribution in [0, 0.1) is 5.82 Å². The molecule has 184 valence electrons. The van der Waals surface area contributed by atoms with Gasteiger partial charge in [-0.2, -0.15) is 0 Å². The minimum Gasteiger partial charge on any atom is -0.493 e. The summed E-state index contributed by atoms with van der Waals surface area (Å²) in [6.45, 7) is 2.97. The molecule has 0 radical (unpaired) electrons. The summed E-state index contributed by atoms with van der Waals surface area (Å²) in [5.41, 5.74) is 2.96. The summed E-state index contributed by atoms with van der Waals surface area (Å²) in [6, 6.07) is 15.5. The lowest BCUT2D eigenvalue weighted by Gasteiger charge is -2.30. The second kappa shape index (κ2) is 11.4. The highest BCUT2D eigenvalue weighted by Gasteiger charge is 2.19. The predicted octanol–water partition coefficient (Wildman–Crippen LogP) is 5.32. The number of morpholine rings is 1. The number of hydrogen-bond acceptors (Lipinski definition) is 6. The van der Waals surface area contributed by atoms with Crippen LogP contribution >= 0.6 is 15.9 Å². The molecule has 0 amide bonds. The predicted molar refractivity (Wildman–Crippen MR) is 135 cm³/mol. The Labute approximate surface area is 211 Å². The average molecular weight is 545 g/mol. The molecule has 0 aliphatic carbocycles. The molecule has 0 bridgehead atoms. The zero-order chi connectivity index (χ0) is 24.8. The number of rotatable bonds is 9. The number of halogens is 2. The van der Waals surface area contributed by atoms with Crippen molar-refractivity contribution >= 4 is 33.3 Å². The summed E-state index contributed by atoms with van der Waals surface area (Å²) in [6.07, 6.45) is 0. The van der Waals surface area contributed by atoms with Gasteiger partial charge in [-0.1, -0.05) is 18.2 Å². The van der Waals surface area contributed by atoms with Crippen molar-refractivity contribution in [3.8, 4) is 11.5 Å². The zero-order valence-electron chi connectivity index (χ0n) is 19.2. The third-order valence-corrected chi connectivity index (χ3v) is 6.28. The van der Waals surface area contributed by atoms with Gasteiger partial charge in [-0.15, -0.1) is 0 Å². The number of hydrogen-bond donors (Lipinski definition) is 2. The third-order valence-electron chi connectivity index (χ3n) is 5.69. The van der Waals surface area contributed by atoms with E-state index in [9.17, 15) is 14.3 Å². The van der Waals surface area contributed by atoms with Crippen molar-refractivity contribution in [2.24, 2.45) is 0 Å². The van der Waals surface area contributed by atoms with Gasteiger partial charge in [0.1, 0.15) is 12.4 Å². The van der Waals surface area contributed by atoms with Gasteiger partial charge in [0.15, 0.2) is 11.5 Å². The molecule has 0 atom stereocenters. The Morgan fingerprint density at radius 1 is 1.17 bits per heavy atom. The molecule has 0 unspecified atom stereocenters. The Balaban J connectivity index is 1.47. The molecule has 1 heterocycles. The first kappa shape index (κ1) is 24.8. The van der Waals surface area contributed by atoms with Gasteiger partial charge in [-0.05, 0) is 57.9 Å². The van der Waals surface area contributed by atoms with Gasteiger partial charge in [-0.3, -0.25) is 0 Å². The number of methoxy groups -OCH3 is 1. The largest absolute Gasteiger partial charge is 0.493 e. The van der Waals surface area contributed by atoms with Crippen LogP contribution in [-0.2, 0) is 17.9 Å². The van der Waals surface area contributed by atoms with Gasteiger partial charge in [0, 0.05) is 30.9 Å². The van der Waals surface area contributed by atoms with E-state index in [2.05, 4.69) is 21.2 Å². The first-order chi connectivity index (χ1) is 17.0. The molecule has 35 heavy (non-hydrogen) atoms. The van der Waals surface area contributed by atoms with Crippen LogP contribution in [0.3, 0.4) is 0 Å². The van der Waals surface area contributed by atoms with E-state index in [0.29, 0.717) is 65.8 Å². The number of carboxylic acids is 1. The lowest BCUT2D eigenvalue weighted by Crippen LogP contribution is -2.37. The molecular formula is C26H26BrFN2O5. The Kier molecular flexibility index (Phi) is 8.09. The molecule has 1 aliphatic heterocycles. The van der Waals surface area contributed by atoms with E-state index in [1.54, 1.807) is 31.4 Å². The summed E-state index contributed by atoms with van der Waals surface area (Å²) < 4.78 is 31.3. The molecule has 1 fully saturated rings. The number of carbonyl (C=O) groups is 1. The maximum absolute atomic E-state index is 13.9. The molecule has 0 spiro atoms. The van der Waals surface area contributed by atoms with Gasteiger partial charge in [0.2, 0.25) is 0 Å². The van der Waals surface area contributed by atoms with E-state index in [1.807, 2.05) is 29.2 Å². The highest BCUT2D eigenvalue weighted by Crippen LogP contribution is 2.37. The fourth-order valence-electron chi connectivity index (χ4n) is 3.88. The molecule has 1 saturated heterocycles. The lowest BCUT2D eigenvalue weighted by molar-refractivity contribution is 0.0696. The van der Waals surface area contributed by atoms with Gasteiger partial charge in [0.25, 0.3) is 0 Å².